The van der Waals surface area contributed by atoms with Gasteiger partial charge < -0.3 is 9.73 Å². The zero-order valence-corrected chi connectivity index (χ0v) is 12.8. The summed E-state index contributed by atoms with van der Waals surface area (Å²) in [6.45, 7) is 9.95. The number of hydrogen-bond acceptors (Lipinski definition) is 3. The number of nitrogens with one attached hydrogen (secondary N) is 1. The van der Waals surface area contributed by atoms with E-state index >= 15 is 0 Å². The van der Waals surface area contributed by atoms with Gasteiger partial charge in [-0.25, -0.2) is 0 Å². The van der Waals surface area contributed by atoms with Crippen LogP contribution >= 0.6 is 0 Å². The van der Waals surface area contributed by atoms with Crippen molar-refractivity contribution >= 4 is 0 Å². The molecule has 0 unspecified atom stereocenters. The first-order valence-electron chi connectivity index (χ1n) is 7.36. The summed E-state index contributed by atoms with van der Waals surface area (Å²) in [7, 11) is 0. The highest BCUT2D eigenvalue weighted by Gasteiger charge is 2.21. The molecule has 108 valence electrons. The Morgan fingerprint density at radius 2 is 2.05 bits per heavy atom. The van der Waals surface area contributed by atoms with Gasteiger partial charge in [-0.05, 0) is 57.7 Å². The van der Waals surface area contributed by atoms with Gasteiger partial charge in [0.15, 0.2) is 0 Å². The summed E-state index contributed by atoms with van der Waals surface area (Å²) in [6.07, 6.45) is 2.61. The monoisotopic (exact) mass is 273 g/mol. The smallest absolute Gasteiger partial charge is 0.126 e. The van der Waals surface area contributed by atoms with E-state index in [4.69, 9.17) is 4.42 Å². The van der Waals surface area contributed by atoms with E-state index in [0.717, 1.165) is 23.8 Å². The summed E-state index contributed by atoms with van der Waals surface area (Å²) < 4.78 is 8.01. The SMILES string of the molecule is Cc1cc(Cn2nc(C)c(C)c2C)oc1CNC1CC1. The number of aryl methyl sites for hydroxylation is 2. The van der Waals surface area contributed by atoms with Crippen molar-refractivity contribution < 1.29 is 4.42 Å². The fourth-order valence-corrected chi connectivity index (χ4v) is 2.46. The Balaban J connectivity index is 1.73. The van der Waals surface area contributed by atoms with Crippen molar-refractivity contribution in [3.8, 4) is 0 Å². The molecular formula is C16H23N3O. The summed E-state index contributed by atoms with van der Waals surface area (Å²) in [5, 5.41) is 8.07. The second-order valence-corrected chi connectivity index (χ2v) is 5.93. The Morgan fingerprint density at radius 3 is 2.65 bits per heavy atom. The topological polar surface area (TPSA) is 43.0 Å². The van der Waals surface area contributed by atoms with Crippen molar-refractivity contribution in [2.24, 2.45) is 0 Å². The molecule has 0 saturated heterocycles. The second-order valence-electron chi connectivity index (χ2n) is 5.93. The van der Waals surface area contributed by atoms with Crippen LogP contribution in [0.2, 0.25) is 0 Å². The lowest BCUT2D eigenvalue weighted by molar-refractivity contribution is 0.426. The molecule has 2 heterocycles. The Morgan fingerprint density at radius 1 is 1.30 bits per heavy atom. The molecule has 0 amide bonds. The van der Waals surface area contributed by atoms with Gasteiger partial charge in [0.25, 0.3) is 0 Å². The molecule has 1 saturated carbocycles. The van der Waals surface area contributed by atoms with Crippen molar-refractivity contribution in [3.05, 3.63) is 40.1 Å². The van der Waals surface area contributed by atoms with Crippen LogP contribution in [0.5, 0.6) is 0 Å². The van der Waals surface area contributed by atoms with Crippen molar-refractivity contribution in [1.82, 2.24) is 15.1 Å². The molecule has 1 aliphatic carbocycles. The quantitative estimate of drug-likeness (QED) is 0.910. The molecule has 0 aliphatic heterocycles. The molecular weight excluding hydrogens is 250 g/mol. The Hall–Kier alpha value is -1.55. The zero-order chi connectivity index (χ0) is 14.3. The first kappa shape index (κ1) is 13.4. The van der Waals surface area contributed by atoms with Gasteiger partial charge >= 0.3 is 0 Å². The van der Waals surface area contributed by atoms with Gasteiger partial charge in [0.05, 0.1) is 18.8 Å². The number of furan rings is 1. The van der Waals surface area contributed by atoms with Crippen molar-refractivity contribution in [2.45, 2.75) is 59.7 Å². The zero-order valence-electron chi connectivity index (χ0n) is 12.8. The lowest BCUT2D eigenvalue weighted by Gasteiger charge is -2.03. The lowest BCUT2D eigenvalue weighted by atomic mass is 10.2. The normalized spacial score (nSPS) is 15.0. The van der Waals surface area contributed by atoms with Crippen LogP contribution in [0.25, 0.3) is 0 Å². The van der Waals surface area contributed by atoms with E-state index in [-0.39, 0.29) is 0 Å². The van der Waals surface area contributed by atoms with E-state index in [2.05, 4.69) is 44.2 Å². The average molecular weight is 273 g/mol. The van der Waals surface area contributed by atoms with Crippen LogP contribution in [0, 0.1) is 27.7 Å². The lowest BCUT2D eigenvalue weighted by Crippen LogP contribution is -2.15. The number of aromatic nitrogens is 2. The molecule has 2 aromatic rings. The van der Waals surface area contributed by atoms with Gasteiger partial charge in [-0.3, -0.25) is 4.68 Å². The highest BCUT2D eigenvalue weighted by atomic mass is 16.3. The molecule has 1 fully saturated rings. The van der Waals surface area contributed by atoms with Crippen LogP contribution in [0.15, 0.2) is 10.5 Å². The minimum absolute atomic E-state index is 0.710. The first-order chi connectivity index (χ1) is 9.54. The largest absolute Gasteiger partial charge is 0.462 e. The maximum absolute atomic E-state index is 5.98. The summed E-state index contributed by atoms with van der Waals surface area (Å²) >= 11 is 0. The van der Waals surface area contributed by atoms with Crippen LogP contribution in [0.1, 0.15) is 46.9 Å². The third kappa shape index (κ3) is 2.66. The van der Waals surface area contributed by atoms with E-state index < -0.39 is 0 Å². The second kappa shape index (κ2) is 5.09. The average Bonchev–Trinajstić information content (AvgIpc) is 3.13. The molecule has 0 atom stereocenters. The molecule has 0 bridgehead atoms. The van der Waals surface area contributed by atoms with Gasteiger partial charge in [0.1, 0.15) is 11.5 Å². The molecule has 0 spiro atoms. The van der Waals surface area contributed by atoms with Crippen molar-refractivity contribution in [2.75, 3.05) is 0 Å². The highest BCUT2D eigenvalue weighted by Crippen LogP contribution is 2.22. The van der Waals surface area contributed by atoms with Gasteiger partial charge in [0.2, 0.25) is 0 Å². The summed E-state index contributed by atoms with van der Waals surface area (Å²) in [6, 6.07) is 2.84. The fraction of sp³-hybridized carbons (Fsp3) is 0.562. The van der Waals surface area contributed by atoms with E-state index in [1.165, 1.54) is 29.7 Å². The van der Waals surface area contributed by atoms with Crippen LogP contribution in [0.3, 0.4) is 0 Å². The van der Waals surface area contributed by atoms with E-state index in [1.807, 2.05) is 4.68 Å². The maximum Gasteiger partial charge on any atom is 0.126 e. The van der Waals surface area contributed by atoms with Gasteiger partial charge in [-0.1, -0.05) is 0 Å². The standard InChI is InChI=1S/C16H23N3O/c1-10-7-15(20-16(10)8-17-14-5-6-14)9-19-13(4)11(2)12(3)18-19/h7,14,17H,5-6,8-9H2,1-4H3. The minimum atomic E-state index is 0.710. The van der Waals surface area contributed by atoms with Crippen LogP contribution in [-0.2, 0) is 13.1 Å². The molecule has 0 radical (unpaired) electrons. The third-order valence-electron chi connectivity index (χ3n) is 4.25. The van der Waals surface area contributed by atoms with E-state index in [9.17, 15) is 0 Å². The highest BCUT2D eigenvalue weighted by molar-refractivity contribution is 5.24. The molecule has 2 aromatic heterocycles. The number of hydrogen-bond donors (Lipinski definition) is 1. The van der Waals surface area contributed by atoms with E-state index in [1.54, 1.807) is 0 Å². The van der Waals surface area contributed by atoms with E-state index in [0.29, 0.717) is 12.6 Å². The van der Waals surface area contributed by atoms with Gasteiger partial charge in [0, 0.05) is 11.7 Å². The summed E-state index contributed by atoms with van der Waals surface area (Å²) in [5.41, 5.74) is 4.81. The number of rotatable bonds is 5. The van der Waals surface area contributed by atoms with Crippen molar-refractivity contribution in [1.29, 1.82) is 0 Å². The Kier molecular flexibility index (Phi) is 3.42. The molecule has 4 nitrogen and oxygen atoms in total. The molecule has 1 N–H and O–H groups in total. The molecule has 3 rings (SSSR count). The van der Waals surface area contributed by atoms with Crippen LogP contribution in [-0.4, -0.2) is 15.8 Å². The predicted octanol–water partition coefficient (Wildman–Crippen LogP) is 3.01. The first-order valence-corrected chi connectivity index (χ1v) is 7.36. The van der Waals surface area contributed by atoms with Gasteiger partial charge in [-0.15, -0.1) is 0 Å². The minimum Gasteiger partial charge on any atom is -0.462 e. The predicted molar refractivity (Wildman–Crippen MR) is 78.8 cm³/mol. The summed E-state index contributed by atoms with van der Waals surface area (Å²) in [4.78, 5) is 0. The Labute approximate surface area is 120 Å². The summed E-state index contributed by atoms with van der Waals surface area (Å²) in [5.74, 6) is 2.05. The van der Waals surface area contributed by atoms with Crippen LogP contribution in [0.4, 0.5) is 0 Å². The van der Waals surface area contributed by atoms with Gasteiger partial charge in [-0.2, -0.15) is 5.10 Å². The fourth-order valence-electron chi connectivity index (χ4n) is 2.46. The Bertz CT molecular complexity index is 620. The van der Waals surface area contributed by atoms with Crippen molar-refractivity contribution in [3.63, 3.8) is 0 Å². The number of nitrogens with zero attached hydrogens (tertiary/aromatic N) is 2. The molecule has 1 aliphatic rings. The maximum atomic E-state index is 5.98. The van der Waals surface area contributed by atoms with Crippen LogP contribution < -0.4 is 5.32 Å². The molecule has 20 heavy (non-hydrogen) atoms. The molecule has 0 aromatic carbocycles. The third-order valence-corrected chi connectivity index (χ3v) is 4.25. The molecule has 4 heteroatoms.